The molecule has 5 aromatic rings. The summed E-state index contributed by atoms with van der Waals surface area (Å²) in [6.07, 6.45) is 4.33. The van der Waals surface area contributed by atoms with Gasteiger partial charge < -0.3 is 14.5 Å². The zero-order valence-electron chi connectivity index (χ0n) is 22.9. The van der Waals surface area contributed by atoms with Crippen LogP contribution in [-0.4, -0.2) is 60.0 Å². The van der Waals surface area contributed by atoms with Crippen LogP contribution in [0.5, 0.6) is 5.75 Å². The van der Waals surface area contributed by atoms with Gasteiger partial charge in [-0.1, -0.05) is 24.3 Å². The van der Waals surface area contributed by atoms with E-state index in [1.807, 2.05) is 18.3 Å². The first-order chi connectivity index (χ1) is 18.4. The molecule has 6 nitrogen and oxygen atoms in total. The Labute approximate surface area is 224 Å². The molecule has 0 amide bonds. The standard InChI is InChI=1S/C32H35N5O/c1-21-8-6-11-30(22(21)2)37-32-27-19-26(38-5)12-13-29(27)33-20-28(32)31(34-37)23-9-7-10-25(18-23)36-16-14-24(15-17-36)35(3)4/h6-13,18-20,24H,14-17H2,1-5H3. The molecule has 0 bridgehead atoms. The average molecular weight is 506 g/mol. The first-order valence-corrected chi connectivity index (χ1v) is 13.4. The van der Waals surface area contributed by atoms with Crippen LogP contribution >= 0.6 is 0 Å². The van der Waals surface area contributed by atoms with Crippen molar-refractivity contribution < 1.29 is 4.74 Å². The minimum Gasteiger partial charge on any atom is -0.497 e. The lowest BCUT2D eigenvalue weighted by atomic mass is 10.0. The second-order valence-electron chi connectivity index (χ2n) is 10.6. The van der Waals surface area contributed by atoms with Gasteiger partial charge in [-0.25, -0.2) is 4.68 Å². The van der Waals surface area contributed by atoms with Gasteiger partial charge in [0.25, 0.3) is 0 Å². The lowest BCUT2D eigenvalue weighted by Crippen LogP contribution is -2.41. The van der Waals surface area contributed by atoms with Crippen molar-refractivity contribution in [2.45, 2.75) is 32.7 Å². The third-order valence-corrected chi connectivity index (χ3v) is 8.20. The lowest BCUT2D eigenvalue weighted by Gasteiger charge is -2.36. The summed E-state index contributed by atoms with van der Waals surface area (Å²) in [6.45, 7) is 6.45. The van der Waals surface area contributed by atoms with E-state index < -0.39 is 0 Å². The Hall–Kier alpha value is -3.90. The second kappa shape index (κ2) is 9.76. The fourth-order valence-electron chi connectivity index (χ4n) is 5.73. The van der Waals surface area contributed by atoms with Crippen LogP contribution in [0, 0.1) is 13.8 Å². The molecule has 3 aromatic carbocycles. The molecular weight excluding hydrogens is 470 g/mol. The highest BCUT2D eigenvalue weighted by Gasteiger charge is 2.23. The summed E-state index contributed by atoms with van der Waals surface area (Å²) in [5, 5.41) is 7.34. The van der Waals surface area contributed by atoms with Crippen LogP contribution in [0.2, 0.25) is 0 Å². The monoisotopic (exact) mass is 505 g/mol. The number of aryl methyl sites for hydroxylation is 1. The van der Waals surface area contributed by atoms with Crippen molar-refractivity contribution in [3.63, 3.8) is 0 Å². The number of hydrogen-bond donors (Lipinski definition) is 0. The summed E-state index contributed by atoms with van der Waals surface area (Å²) >= 11 is 0. The molecule has 0 saturated carbocycles. The molecule has 2 aromatic heterocycles. The van der Waals surface area contributed by atoms with E-state index in [1.165, 1.54) is 29.7 Å². The zero-order valence-corrected chi connectivity index (χ0v) is 22.9. The first kappa shape index (κ1) is 24.4. The van der Waals surface area contributed by atoms with Crippen molar-refractivity contribution in [2.24, 2.45) is 0 Å². The summed E-state index contributed by atoms with van der Waals surface area (Å²) in [4.78, 5) is 9.69. The van der Waals surface area contributed by atoms with E-state index in [0.29, 0.717) is 6.04 Å². The Bertz CT molecular complexity index is 1630. The number of hydrogen-bond acceptors (Lipinski definition) is 5. The molecule has 1 fully saturated rings. The van der Waals surface area contributed by atoms with Gasteiger partial charge in [0.15, 0.2) is 0 Å². The van der Waals surface area contributed by atoms with Crippen molar-refractivity contribution in [2.75, 3.05) is 39.2 Å². The largest absolute Gasteiger partial charge is 0.497 e. The number of nitrogens with zero attached hydrogens (tertiary/aromatic N) is 5. The van der Waals surface area contributed by atoms with Crippen molar-refractivity contribution in [3.8, 4) is 22.7 Å². The summed E-state index contributed by atoms with van der Waals surface area (Å²) < 4.78 is 7.69. The van der Waals surface area contributed by atoms with E-state index in [1.54, 1.807) is 7.11 Å². The predicted octanol–water partition coefficient (Wildman–Crippen LogP) is 6.40. The van der Waals surface area contributed by atoms with E-state index in [-0.39, 0.29) is 0 Å². The van der Waals surface area contributed by atoms with Crippen molar-refractivity contribution >= 4 is 27.5 Å². The number of pyridine rings is 1. The zero-order chi connectivity index (χ0) is 26.4. The SMILES string of the molecule is COc1ccc2ncc3c(-c4cccc(N5CCC(N(C)C)CC5)c4)nn(-c4cccc(C)c4C)c3c2c1. The molecule has 0 spiro atoms. The normalized spacial score (nSPS) is 14.6. The van der Waals surface area contributed by atoms with Crippen LogP contribution in [0.1, 0.15) is 24.0 Å². The molecule has 194 valence electrons. The van der Waals surface area contributed by atoms with Gasteiger partial charge in [-0.15, -0.1) is 0 Å². The summed E-state index contributed by atoms with van der Waals surface area (Å²) in [5.74, 6) is 0.810. The third kappa shape index (κ3) is 4.19. The van der Waals surface area contributed by atoms with E-state index >= 15 is 0 Å². The maximum atomic E-state index is 5.59. The lowest BCUT2D eigenvalue weighted by molar-refractivity contribution is 0.249. The molecule has 0 aliphatic carbocycles. The molecule has 1 aliphatic rings. The Balaban J connectivity index is 1.53. The van der Waals surface area contributed by atoms with Crippen LogP contribution < -0.4 is 9.64 Å². The van der Waals surface area contributed by atoms with Gasteiger partial charge in [0.05, 0.1) is 23.8 Å². The smallest absolute Gasteiger partial charge is 0.119 e. The average Bonchev–Trinajstić information content (AvgIpc) is 3.34. The van der Waals surface area contributed by atoms with Gasteiger partial charge >= 0.3 is 0 Å². The number of anilines is 1. The van der Waals surface area contributed by atoms with E-state index in [2.05, 4.69) is 91.0 Å². The Kier molecular flexibility index (Phi) is 6.28. The molecule has 3 heterocycles. The molecule has 0 unspecified atom stereocenters. The molecule has 1 saturated heterocycles. The fourth-order valence-corrected chi connectivity index (χ4v) is 5.73. The Morgan fingerprint density at radius 2 is 1.71 bits per heavy atom. The van der Waals surface area contributed by atoms with Gasteiger partial charge in [0, 0.05) is 47.4 Å². The highest BCUT2D eigenvalue weighted by molar-refractivity contribution is 6.09. The molecular formula is C32H35N5O. The van der Waals surface area contributed by atoms with Crippen LogP contribution in [-0.2, 0) is 0 Å². The Morgan fingerprint density at radius 1 is 0.921 bits per heavy atom. The van der Waals surface area contributed by atoms with Gasteiger partial charge in [0.2, 0.25) is 0 Å². The van der Waals surface area contributed by atoms with E-state index in [9.17, 15) is 0 Å². The number of piperidine rings is 1. The number of ether oxygens (including phenoxy) is 1. The molecule has 38 heavy (non-hydrogen) atoms. The number of rotatable bonds is 5. The van der Waals surface area contributed by atoms with Gasteiger partial charge in [-0.2, -0.15) is 5.10 Å². The maximum absolute atomic E-state index is 5.59. The summed E-state index contributed by atoms with van der Waals surface area (Å²) in [7, 11) is 6.08. The first-order valence-electron chi connectivity index (χ1n) is 13.4. The fraction of sp³-hybridized carbons (Fsp3) is 0.312. The van der Waals surface area contributed by atoms with Crippen molar-refractivity contribution in [1.82, 2.24) is 19.7 Å². The maximum Gasteiger partial charge on any atom is 0.119 e. The highest BCUT2D eigenvalue weighted by Crippen LogP contribution is 2.37. The second-order valence-corrected chi connectivity index (χ2v) is 10.6. The molecule has 0 radical (unpaired) electrons. The molecule has 0 N–H and O–H groups in total. The third-order valence-electron chi connectivity index (χ3n) is 8.20. The minimum absolute atomic E-state index is 0.656. The quantitative estimate of drug-likeness (QED) is 0.277. The van der Waals surface area contributed by atoms with Gasteiger partial charge in [-0.3, -0.25) is 4.98 Å². The van der Waals surface area contributed by atoms with E-state index in [4.69, 9.17) is 14.8 Å². The number of fused-ring (bicyclic) bond motifs is 3. The summed E-state index contributed by atoms with van der Waals surface area (Å²) in [6, 6.07) is 22.0. The summed E-state index contributed by atoms with van der Waals surface area (Å²) in [5.41, 5.74) is 8.82. The highest BCUT2D eigenvalue weighted by atomic mass is 16.5. The van der Waals surface area contributed by atoms with Gasteiger partial charge in [-0.05, 0) is 88.3 Å². The number of aromatic nitrogens is 3. The van der Waals surface area contributed by atoms with E-state index in [0.717, 1.165) is 57.6 Å². The van der Waals surface area contributed by atoms with Gasteiger partial charge in [0.1, 0.15) is 11.4 Å². The van der Waals surface area contributed by atoms with Crippen molar-refractivity contribution in [1.29, 1.82) is 0 Å². The van der Waals surface area contributed by atoms with Crippen LogP contribution in [0.3, 0.4) is 0 Å². The van der Waals surface area contributed by atoms with Crippen LogP contribution in [0.25, 0.3) is 38.8 Å². The minimum atomic E-state index is 0.656. The molecule has 1 aliphatic heterocycles. The molecule has 0 atom stereocenters. The number of methoxy groups -OCH3 is 1. The van der Waals surface area contributed by atoms with Crippen molar-refractivity contribution in [3.05, 3.63) is 78.0 Å². The van der Waals surface area contributed by atoms with Crippen LogP contribution in [0.15, 0.2) is 66.9 Å². The molecule has 6 heteroatoms. The molecule has 6 rings (SSSR count). The predicted molar refractivity (Wildman–Crippen MR) is 157 cm³/mol. The number of benzene rings is 3. The van der Waals surface area contributed by atoms with Crippen LogP contribution in [0.4, 0.5) is 5.69 Å². The topological polar surface area (TPSA) is 46.4 Å². The Morgan fingerprint density at radius 3 is 2.47 bits per heavy atom.